The average Bonchev–Trinajstić information content (AvgIpc) is 2.42. The first-order chi connectivity index (χ1) is 9.60. The highest BCUT2D eigenvalue weighted by atomic mass is 16.2. The van der Waals surface area contributed by atoms with Gasteiger partial charge in [-0.3, -0.25) is 19.7 Å². The molecule has 20 heavy (non-hydrogen) atoms. The van der Waals surface area contributed by atoms with E-state index in [-0.39, 0.29) is 18.2 Å². The predicted molar refractivity (Wildman–Crippen MR) is 72.8 cm³/mol. The molecule has 6 nitrogen and oxygen atoms in total. The van der Waals surface area contributed by atoms with E-state index in [2.05, 4.69) is 10.6 Å². The number of benzene rings is 1. The van der Waals surface area contributed by atoms with Crippen LogP contribution in [0.3, 0.4) is 0 Å². The number of hydrogen-bond acceptors (Lipinski definition) is 4. The Labute approximate surface area is 116 Å². The highest BCUT2D eigenvalue weighted by Gasteiger charge is 2.27. The Hall–Kier alpha value is -2.21. The third kappa shape index (κ3) is 3.42. The Balaban J connectivity index is 2.02. The van der Waals surface area contributed by atoms with Gasteiger partial charge in [0.2, 0.25) is 11.8 Å². The van der Waals surface area contributed by atoms with Crippen LogP contribution in [0.4, 0.5) is 0 Å². The summed E-state index contributed by atoms with van der Waals surface area (Å²) < 4.78 is 0. The van der Waals surface area contributed by atoms with Crippen molar-refractivity contribution in [2.75, 3.05) is 6.54 Å². The summed E-state index contributed by atoms with van der Waals surface area (Å²) in [6.07, 6.45) is 1.27. The third-order valence-corrected chi connectivity index (χ3v) is 3.17. The number of carbonyl (C=O) groups is 3. The second-order valence-corrected chi connectivity index (χ2v) is 4.72. The van der Waals surface area contributed by atoms with Crippen LogP contribution in [-0.2, 0) is 16.0 Å². The van der Waals surface area contributed by atoms with Gasteiger partial charge in [0.05, 0.1) is 0 Å². The minimum absolute atomic E-state index is 0.240. The topological polar surface area (TPSA) is 101 Å². The van der Waals surface area contributed by atoms with Gasteiger partial charge in [-0.25, -0.2) is 0 Å². The number of rotatable bonds is 4. The van der Waals surface area contributed by atoms with Crippen molar-refractivity contribution in [1.29, 1.82) is 0 Å². The molecule has 1 atom stereocenters. The largest absolute Gasteiger partial charge is 0.340 e. The van der Waals surface area contributed by atoms with E-state index < -0.39 is 11.9 Å². The maximum absolute atomic E-state index is 12.1. The van der Waals surface area contributed by atoms with Crippen LogP contribution in [0.25, 0.3) is 0 Å². The molecule has 1 heterocycles. The molecular weight excluding hydrogens is 258 g/mol. The van der Waals surface area contributed by atoms with E-state index >= 15 is 0 Å². The van der Waals surface area contributed by atoms with Crippen LogP contribution in [-0.4, -0.2) is 30.3 Å². The van der Waals surface area contributed by atoms with Gasteiger partial charge in [-0.05, 0) is 37.1 Å². The van der Waals surface area contributed by atoms with E-state index in [1.807, 2.05) is 6.07 Å². The first-order valence-electron chi connectivity index (χ1n) is 6.53. The summed E-state index contributed by atoms with van der Waals surface area (Å²) >= 11 is 0. The first-order valence-corrected chi connectivity index (χ1v) is 6.53. The molecular formula is C14H17N3O3. The number of carbonyl (C=O) groups excluding carboxylic acids is 3. The summed E-state index contributed by atoms with van der Waals surface area (Å²) in [5.74, 6) is -1.07. The lowest BCUT2D eigenvalue weighted by Crippen LogP contribution is -2.52. The summed E-state index contributed by atoms with van der Waals surface area (Å²) in [5, 5.41) is 4.85. The van der Waals surface area contributed by atoms with Gasteiger partial charge in [-0.1, -0.05) is 12.1 Å². The van der Waals surface area contributed by atoms with E-state index in [0.717, 1.165) is 5.56 Å². The zero-order valence-corrected chi connectivity index (χ0v) is 11.0. The molecule has 0 aliphatic carbocycles. The maximum atomic E-state index is 12.1. The molecule has 0 saturated carbocycles. The van der Waals surface area contributed by atoms with Crippen LogP contribution in [0, 0.1) is 0 Å². The monoisotopic (exact) mass is 275 g/mol. The van der Waals surface area contributed by atoms with Crippen molar-refractivity contribution >= 4 is 17.7 Å². The van der Waals surface area contributed by atoms with Crippen LogP contribution >= 0.6 is 0 Å². The van der Waals surface area contributed by atoms with E-state index in [4.69, 9.17) is 5.73 Å². The zero-order chi connectivity index (χ0) is 14.5. The van der Waals surface area contributed by atoms with Crippen molar-refractivity contribution in [3.8, 4) is 0 Å². The maximum Gasteiger partial charge on any atom is 0.251 e. The smallest absolute Gasteiger partial charge is 0.251 e. The van der Waals surface area contributed by atoms with Crippen molar-refractivity contribution in [2.45, 2.75) is 25.3 Å². The Morgan fingerprint density at radius 2 is 2.20 bits per heavy atom. The molecule has 0 bridgehead atoms. The van der Waals surface area contributed by atoms with Crippen molar-refractivity contribution in [3.63, 3.8) is 0 Å². The van der Waals surface area contributed by atoms with Gasteiger partial charge in [0.25, 0.3) is 5.91 Å². The molecule has 4 N–H and O–H groups in total. The molecule has 0 spiro atoms. The Morgan fingerprint density at radius 3 is 2.90 bits per heavy atom. The van der Waals surface area contributed by atoms with Crippen molar-refractivity contribution in [2.24, 2.45) is 5.73 Å². The van der Waals surface area contributed by atoms with Gasteiger partial charge in [-0.2, -0.15) is 0 Å². The SMILES string of the molecule is NCCc1cccc(C(=O)NC2CCC(=O)NC2=O)c1. The van der Waals surface area contributed by atoms with Gasteiger partial charge in [-0.15, -0.1) is 0 Å². The van der Waals surface area contributed by atoms with Crippen molar-refractivity contribution < 1.29 is 14.4 Å². The summed E-state index contributed by atoms with van der Waals surface area (Å²) in [7, 11) is 0. The zero-order valence-electron chi connectivity index (χ0n) is 11.0. The molecule has 0 aromatic heterocycles. The number of amides is 3. The Kier molecular flexibility index (Phi) is 4.47. The summed E-state index contributed by atoms with van der Waals surface area (Å²) in [5.41, 5.74) is 6.94. The van der Waals surface area contributed by atoms with Gasteiger partial charge in [0.1, 0.15) is 6.04 Å². The molecule has 1 unspecified atom stereocenters. The fraction of sp³-hybridized carbons (Fsp3) is 0.357. The fourth-order valence-electron chi connectivity index (χ4n) is 2.11. The lowest BCUT2D eigenvalue weighted by Gasteiger charge is -2.21. The van der Waals surface area contributed by atoms with Crippen LogP contribution in [0.5, 0.6) is 0 Å². The fourth-order valence-corrected chi connectivity index (χ4v) is 2.11. The molecule has 1 aromatic rings. The van der Waals surface area contributed by atoms with E-state index in [0.29, 0.717) is 24.9 Å². The average molecular weight is 275 g/mol. The molecule has 1 fully saturated rings. The lowest BCUT2D eigenvalue weighted by molar-refractivity contribution is -0.134. The lowest BCUT2D eigenvalue weighted by atomic mass is 10.0. The molecule has 3 amide bonds. The van der Waals surface area contributed by atoms with Crippen molar-refractivity contribution in [3.05, 3.63) is 35.4 Å². The van der Waals surface area contributed by atoms with Gasteiger partial charge in [0, 0.05) is 12.0 Å². The molecule has 0 radical (unpaired) electrons. The number of imide groups is 1. The van der Waals surface area contributed by atoms with E-state index in [1.54, 1.807) is 18.2 Å². The minimum Gasteiger partial charge on any atom is -0.340 e. The Morgan fingerprint density at radius 1 is 1.40 bits per heavy atom. The molecule has 1 aliphatic rings. The van der Waals surface area contributed by atoms with Gasteiger partial charge < -0.3 is 11.1 Å². The highest BCUT2D eigenvalue weighted by Crippen LogP contribution is 2.09. The van der Waals surface area contributed by atoms with E-state index in [1.165, 1.54) is 0 Å². The van der Waals surface area contributed by atoms with Crippen LogP contribution in [0.2, 0.25) is 0 Å². The second kappa shape index (κ2) is 6.29. The second-order valence-electron chi connectivity index (χ2n) is 4.72. The summed E-state index contributed by atoms with van der Waals surface area (Å²) in [6, 6.07) is 6.47. The molecule has 2 rings (SSSR count). The molecule has 106 valence electrons. The Bertz CT molecular complexity index is 542. The third-order valence-electron chi connectivity index (χ3n) is 3.17. The summed E-state index contributed by atoms with van der Waals surface area (Å²) in [4.78, 5) is 34.7. The van der Waals surface area contributed by atoms with Crippen molar-refractivity contribution in [1.82, 2.24) is 10.6 Å². The number of nitrogens with two attached hydrogens (primary N) is 1. The predicted octanol–water partition coefficient (Wildman–Crippen LogP) is -0.277. The normalized spacial score (nSPS) is 18.6. The highest BCUT2D eigenvalue weighted by molar-refractivity contribution is 6.03. The van der Waals surface area contributed by atoms with Crippen LogP contribution in [0.1, 0.15) is 28.8 Å². The quantitative estimate of drug-likeness (QED) is 0.658. The first kappa shape index (κ1) is 14.2. The molecule has 1 saturated heterocycles. The minimum atomic E-state index is -0.654. The summed E-state index contributed by atoms with van der Waals surface area (Å²) in [6.45, 7) is 0.512. The van der Waals surface area contributed by atoms with Gasteiger partial charge in [0.15, 0.2) is 0 Å². The standard InChI is InChI=1S/C14H17N3O3/c15-7-6-9-2-1-3-10(8-9)13(19)16-11-4-5-12(18)17-14(11)20/h1-3,8,11H,4-7,15H2,(H,16,19)(H,17,18,20). The number of piperidine rings is 1. The van der Waals surface area contributed by atoms with Crippen LogP contribution < -0.4 is 16.4 Å². The van der Waals surface area contributed by atoms with Gasteiger partial charge >= 0.3 is 0 Å². The molecule has 1 aromatic carbocycles. The molecule has 1 aliphatic heterocycles. The number of nitrogens with one attached hydrogen (secondary N) is 2. The van der Waals surface area contributed by atoms with Crippen LogP contribution in [0.15, 0.2) is 24.3 Å². The molecule has 6 heteroatoms. The van der Waals surface area contributed by atoms with E-state index in [9.17, 15) is 14.4 Å². The number of hydrogen-bond donors (Lipinski definition) is 3.